The molecule has 2 aromatic rings. The number of halogens is 2. The third-order valence-corrected chi connectivity index (χ3v) is 5.98. The first-order chi connectivity index (χ1) is 12.0. The summed E-state index contributed by atoms with van der Waals surface area (Å²) in [7, 11) is 0. The summed E-state index contributed by atoms with van der Waals surface area (Å²) in [6.07, 6.45) is 0. The Kier molecular flexibility index (Phi) is 8.50. The van der Waals surface area contributed by atoms with Gasteiger partial charge in [0.15, 0.2) is 0 Å². The summed E-state index contributed by atoms with van der Waals surface area (Å²) in [5, 5.41) is 4.76. The summed E-state index contributed by atoms with van der Waals surface area (Å²) < 4.78 is 0. The molecule has 2 nitrogen and oxygen atoms in total. The highest BCUT2D eigenvalue weighted by atomic mass is 35.5. The van der Waals surface area contributed by atoms with Gasteiger partial charge >= 0.3 is 0 Å². The van der Waals surface area contributed by atoms with Crippen LogP contribution in [0.4, 0.5) is 0 Å². The van der Waals surface area contributed by atoms with E-state index in [0.29, 0.717) is 21.8 Å². The van der Waals surface area contributed by atoms with E-state index in [2.05, 4.69) is 19.2 Å². The number of hydrogen-bond donors (Lipinski definition) is 1. The Hall–Kier alpha value is -0.810. The second kappa shape index (κ2) is 10.4. The lowest BCUT2D eigenvalue weighted by Gasteiger charge is -2.11. The third-order valence-electron chi connectivity index (χ3n) is 3.30. The molecule has 0 bridgehead atoms. The van der Waals surface area contributed by atoms with Gasteiger partial charge < -0.3 is 5.32 Å². The van der Waals surface area contributed by atoms with E-state index in [0.717, 1.165) is 27.5 Å². The molecule has 0 spiro atoms. The number of nitrogens with one attached hydrogen (secondary N) is 1. The van der Waals surface area contributed by atoms with Gasteiger partial charge in [-0.05, 0) is 29.8 Å². The van der Waals surface area contributed by atoms with E-state index in [4.69, 9.17) is 23.2 Å². The average molecular weight is 414 g/mol. The van der Waals surface area contributed by atoms with Gasteiger partial charge in [0.2, 0.25) is 0 Å². The van der Waals surface area contributed by atoms with E-state index in [1.165, 1.54) is 0 Å². The summed E-state index contributed by atoms with van der Waals surface area (Å²) in [5.41, 5.74) is 1.80. The minimum absolute atomic E-state index is 0.0196. The van der Waals surface area contributed by atoms with E-state index in [-0.39, 0.29) is 5.91 Å². The Morgan fingerprint density at radius 3 is 2.64 bits per heavy atom. The molecule has 2 rings (SSSR count). The second-order valence-corrected chi connectivity index (χ2v) is 9.27. The lowest BCUT2D eigenvalue weighted by Crippen LogP contribution is -2.26. The maximum atomic E-state index is 12.4. The molecule has 0 aliphatic rings. The summed E-state index contributed by atoms with van der Waals surface area (Å²) in [4.78, 5) is 13.4. The van der Waals surface area contributed by atoms with E-state index < -0.39 is 0 Å². The molecule has 0 fully saturated rings. The molecule has 1 N–H and O–H groups in total. The van der Waals surface area contributed by atoms with Crippen LogP contribution in [0.25, 0.3) is 0 Å². The molecule has 6 heteroatoms. The molecular weight excluding hydrogens is 393 g/mol. The fourth-order valence-electron chi connectivity index (χ4n) is 2.16. The Bertz CT molecular complexity index is 722. The summed E-state index contributed by atoms with van der Waals surface area (Å²) in [6, 6.07) is 13.3. The van der Waals surface area contributed by atoms with Crippen LogP contribution < -0.4 is 5.32 Å². The average Bonchev–Trinajstić information content (AvgIpc) is 2.56. The molecule has 25 heavy (non-hydrogen) atoms. The van der Waals surface area contributed by atoms with Gasteiger partial charge in [-0.2, -0.15) is 11.8 Å². The number of thioether (sulfide) groups is 2. The largest absolute Gasteiger partial charge is 0.351 e. The molecule has 2 aromatic carbocycles. The number of carbonyl (C=O) groups is 1. The monoisotopic (exact) mass is 413 g/mol. The topological polar surface area (TPSA) is 29.1 Å². The summed E-state index contributed by atoms with van der Waals surface area (Å²) in [6.45, 7) is 4.87. The van der Waals surface area contributed by atoms with Crippen LogP contribution in [-0.4, -0.2) is 23.5 Å². The van der Waals surface area contributed by atoms with Crippen LogP contribution in [0, 0.1) is 0 Å². The highest BCUT2D eigenvalue weighted by molar-refractivity contribution is 8.00. The first kappa shape index (κ1) is 20.5. The van der Waals surface area contributed by atoms with Gasteiger partial charge in [0.25, 0.3) is 5.91 Å². The van der Waals surface area contributed by atoms with Gasteiger partial charge in [0.05, 0.1) is 5.56 Å². The lowest BCUT2D eigenvalue weighted by molar-refractivity contribution is 0.0953. The molecule has 0 heterocycles. The molecule has 0 saturated heterocycles. The fraction of sp³-hybridized carbons (Fsp3) is 0.316. The van der Waals surface area contributed by atoms with Crippen LogP contribution >= 0.6 is 46.7 Å². The Morgan fingerprint density at radius 2 is 1.92 bits per heavy atom. The highest BCUT2D eigenvalue weighted by Gasteiger charge is 2.12. The predicted octanol–water partition coefficient (Wildman–Crippen LogP) is 6.16. The molecular formula is C19H21Cl2NOS2. The molecule has 134 valence electrons. The van der Waals surface area contributed by atoms with Crippen molar-refractivity contribution in [3.63, 3.8) is 0 Å². The molecule has 0 radical (unpaired) electrons. The van der Waals surface area contributed by atoms with Crippen molar-refractivity contribution in [1.29, 1.82) is 0 Å². The van der Waals surface area contributed by atoms with Gasteiger partial charge in [-0.1, -0.05) is 55.2 Å². The number of carbonyl (C=O) groups excluding carboxylic acids is 1. The zero-order valence-corrected chi connectivity index (χ0v) is 17.4. The number of benzene rings is 2. The van der Waals surface area contributed by atoms with Crippen molar-refractivity contribution in [2.24, 2.45) is 0 Å². The first-order valence-electron chi connectivity index (χ1n) is 8.03. The number of amides is 1. The summed E-state index contributed by atoms with van der Waals surface area (Å²) >= 11 is 15.5. The van der Waals surface area contributed by atoms with Crippen LogP contribution in [0.2, 0.25) is 10.0 Å². The van der Waals surface area contributed by atoms with Crippen molar-refractivity contribution in [2.45, 2.75) is 29.7 Å². The second-order valence-electron chi connectivity index (χ2n) is 5.71. The normalized spacial score (nSPS) is 10.9. The van der Waals surface area contributed by atoms with Crippen LogP contribution in [-0.2, 0) is 5.75 Å². The maximum Gasteiger partial charge on any atom is 0.252 e. The zero-order chi connectivity index (χ0) is 18.2. The first-order valence-corrected chi connectivity index (χ1v) is 10.8. The van der Waals surface area contributed by atoms with Gasteiger partial charge in [0, 0.05) is 38.2 Å². The molecule has 0 aromatic heterocycles. The molecule has 0 aliphatic carbocycles. The quantitative estimate of drug-likeness (QED) is 0.415. The molecule has 1 amide bonds. The Morgan fingerprint density at radius 1 is 1.16 bits per heavy atom. The molecule has 0 atom stereocenters. The Labute approximate surface area is 168 Å². The standard InChI is InChI=1S/C19H21Cl2NOS2/c1-13(2)25-18-6-4-3-5-16(18)19(23)22-9-10-24-12-14-7-8-15(20)11-17(14)21/h3-8,11,13H,9-10,12H2,1-2H3,(H,22,23). The van der Waals surface area contributed by atoms with E-state index in [9.17, 15) is 4.79 Å². The third kappa shape index (κ3) is 6.78. The van der Waals surface area contributed by atoms with Crippen molar-refractivity contribution in [2.75, 3.05) is 12.3 Å². The van der Waals surface area contributed by atoms with Gasteiger partial charge in [0.1, 0.15) is 0 Å². The van der Waals surface area contributed by atoms with Crippen molar-refractivity contribution in [3.05, 3.63) is 63.6 Å². The molecule has 0 aliphatic heterocycles. The molecule has 0 saturated carbocycles. The van der Waals surface area contributed by atoms with Gasteiger partial charge in [-0.25, -0.2) is 0 Å². The van der Waals surface area contributed by atoms with Gasteiger partial charge in [-0.3, -0.25) is 4.79 Å². The number of rotatable bonds is 8. The van der Waals surface area contributed by atoms with Crippen LogP contribution in [0.1, 0.15) is 29.8 Å². The van der Waals surface area contributed by atoms with Crippen molar-refractivity contribution < 1.29 is 4.79 Å². The van der Waals surface area contributed by atoms with Crippen molar-refractivity contribution >= 4 is 52.6 Å². The smallest absolute Gasteiger partial charge is 0.252 e. The highest BCUT2D eigenvalue weighted by Crippen LogP contribution is 2.27. The maximum absolute atomic E-state index is 12.4. The van der Waals surface area contributed by atoms with Crippen LogP contribution in [0.5, 0.6) is 0 Å². The lowest BCUT2D eigenvalue weighted by atomic mass is 10.2. The van der Waals surface area contributed by atoms with Gasteiger partial charge in [-0.15, -0.1) is 11.8 Å². The number of hydrogen-bond acceptors (Lipinski definition) is 3. The fourth-order valence-corrected chi connectivity index (χ4v) is 4.53. The summed E-state index contributed by atoms with van der Waals surface area (Å²) in [5.74, 6) is 1.60. The van der Waals surface area contributed by atoms with E-state index in [1.54, 1.807) is 29.6 Å². The SMILES string of the molecule is CC(C)Sc1ccccc1C(=O)NCCSCc1ccc(Cl)cc1Cl. The predicted molar refractivity (Wildman–Crippen MR) is 112 cm³/mol. The minimum Gasteiger partial charge on any atom is -0.351 e. The Balaban J connectivity index is 1.79. The van der Waals surface area contributed by atoms with E-state index in [1.807, 2.05) is 36.4 Å². The van der Waals surface area contributed by atoms with Crippen molar-refractivity contribution in [1.82, 2.24) is 5.32 Å². The zero-order valence-electron chi connectivity index (χ0n) is 14.2. The van der Waals surface area contributed by atoms with Crippen LogP contribution in [0.3, 0.4) is 0 Å². The van der Waals surface area contributed by atoms with Crippen molar-refractivity contribution in [3.8, 4) is 0 Å². The molecule has 0 unspecified atom stereocenters. The van der Waals surface area contributed by atoms with E-state index >= 15 is 0 Å². The minimum atomic E-state index is -0.0196. The van der Waals surface area contributed by atoms with Crippen LogP contribution in [0.15, 0.2) is 47.4 Å².